The summed E-state index contributed by atoms with van der Waals surface area (Å²) in [6, 6.07) is 10.2. The molecule has 128 valence electrons. The number of hydrogen-bond acceptors (Lipinski definition) is 5. The molecule has 1 unspecified atom stereocenters. The van der Waals surface area contributed by atoms with Gasteiger partial charge in [0.1, 0.15) is 5.75 Å². The molecule has 2 amide bonds. The number of nitrogens with zero attached hydrogens (tertiary/aromatic N) is 1. The minimum atomic E-state index is -0.579. The average Bonchev–Trinajstić information content (AvgIpc) is 3.07. The topological polar surface area (TPSA) is 77.1 Å². The zero-order valence-electron chi connectivity index (χ0n) is 13.7. The Hall–Kier alpha value is -3.22. The lowest BCUT2D eigenvalue weighted by Crippen LogP contribution is -2.42. The molecular weight excluding hydrogens is 324 g/mol. The van der Waals surface area contributed by atoms with Crippen molar-refractivity contribution < 1.29 is 23.8 Å². The summed E-state index contributed by atoms with van der Waals surface area (Å²) in [6.07, 6.45) is -0.579. The molecule has 2 aliphatic heterocycles. The van der Waals surface area contributed by atoms with Crippen molar-refractivity contribution in [3.8, 4) is 17.2 Å². The van der Waals surface area contributed by atoms with E-state index in [1.165, 1.54) is 4.90 Å². The van der Waals surface area contributed by atoms with Gasteiger partial charge in [0.15, 0.2) is 17.6 Å². The second-order valence-electron chi connectivity index (χ2n) is 5.86. The summed E-state index contributed by atoms with van der Waals surface area (Å²) in [4.78, 5) is 26.0. The fourth-order valence-corrected chi connectivity index (χ4v) is 2.84. The SMILES string of the molecule is CC1Oc2cc(C(=O)Nc3ccc4c(c3)OCO4)ccc2N(C)C1=O. The quantitative estimate of drug-likeness (QED) is 0.908. The smallest absolute Gasteiger partial charge is 0.267 e. The van der Waals surface area contributed by atoms with Gasteiger partial charge in [0.2, 0.25) is 6.79 Å². The Morgan fingerprint density at radius 2 is 1.92 bits per heavy atom. The van der Waals surface area contributed by atoms with Crippen molar-refractivity contribution in [2.45, 2.75) is 13.0 Å². The number of anilines is 2. The lowest BCUT2D eigenvalue weighted by molar-refractivity contribution is -0.125. The Bertz CT molecular complexity index is 880. The Morgan fingerprint density at radius 3 is 2.76 bits per heavy atom. The van der Waals surface area contributed by atoms with E-state index in [1.54, 1.807) is 50.4 Å². The van der Waals surface area contributed by atoms with Crippen LogP contribution in [0, 0.1) is 0 Å². The van der Waals surface area contributed by atoms with Crippen LogP contribution in [0.1, 0.15) is 17.3 Å². The largest absolute Gasteiger partial charge is 0.479 e. The molecule has 2 aromatic rings. The molecule has 0 bridgehead atoms. The summed E-state index contributed by atoms with van der Waals surface area (Å²) < 4.78 is 16.2. The molecule has 2 aromatic carbocycles. The predicted octanol–water partition coefficient (Wildman–Crippen LogP) is 2.41. The van der Waals surface area contributed by atoms with Gasteiger partial charge in [-0.2, -0.15) is 0 Å². The molecule has 2 heterocycles. The third-order valence-corrected chi connectivity index (χ3v) is 4.20. The molecule has 25 heavy (non-hydrogen) atoms. The first-order chi connectivity index (χ1) is 12.0. The number of likely N-dealkylation sites (N-methyl/N-ethyl adjacent to an activating group) is 1. The lowest BCUT2D eigenvalue weighted by Gasteiger charge is -2.30. The van der Waals surface area contributed by atoms with Gasteiger partial charge in [0.25, 0.3) is 11.8 Å². The van der Waals surface area contributed by atoms with Crippen LogP contribution >= 0.6 is 0 Å². The van der Waals surface area contributed by atoms with Crippen LogP contribution in [0.4, 0.5) is 11.4 Å². The van der Waals surface area contributed by atoms with Crippen LogP contribution in [0.3, 0.4) is 0 Å². The van der Waals surface area contributed by atoms with Gasteiger partial charge in [0.05, 0.1) is 5.69 Å². The van der Waals surface area contributed by atoms with E-state index in [4.69, 9.17) is 14.2 Å². The molecule has 2 aliphatic rings. The van der Waals surface area contributed by atoms with Gasteiger partial charge in [0, 0.05) is 24.4 Å². The summed E-state index contributed by atoms with van der Waals surface area (Å²) in [6.45, 7) is 1.86. The van der Waals surface area contributed by atoms with E-state index < -0.39 is 6.10 Å². The maximum atomic E-state index is 12.5. The number of carbonyl (C=O) groups is 2. The van der Waals surface area contributed by atoms with E-state index in [1.807, 2.05) is 0 Å². The molecule has 1 N–H and O–H groups in total. The van der Waals surface area contributed by atoms with Crippen molar-refractivity contribution >= 4 is 23.2 Å². The lowest BCUT2D eigenvalue weighted by atomic mass is 10.1. The molecule has 0 saturated carbocycles. The minimum absolute atomic E-state index is 0.120. The highest BCUT2D eigenvalue weighted by molar-refractivity contribution is 6.06. The highest BCUT2D eigenvalue weighted by Crippen LogP contribution is 2.36. The number of hydrogen-bond donors (Lipinski definition) is 1. The monoisotopic (exact) mass is 340 g/mol. The predicted molar refractivity (Wildman–Crippen MR) is 90.5 cm³/mol. The second kappa shape index (κ2) is 5.70. The first kappa shape index (κ1) is 15.3. The molecule has 0 radical (unpaired) electrons. The van der Waals surface area contributed by atoms with Crippen molar-refractivity contribution in [3.63, 3.8) is 0 Å². The number of carbonyl (C=O) groups excluding carboxylic acids is 2. The maximum absolute atomic E-state index is 12.5. The summed E-state index contributed by atoms with van der Waals surface area (Å²) >= 11 is 0. The normalized spacial score (nSPS) is 17.8. The molecule has 4 rings (SSSR count). The Labute approximate surface area is 144 Å². The third kappa shape index (κ3) is 2.63. The van der Waals surface area contributed by atoms with Crippen molar-refractivity contribution in [1.29, 1.82) is 0 Å². The maximum Gasteiger partial charge on any atom is 0.267 e. The molecular formula is C18H16N2O5. The Balaban J connectivity index is 1.57. The second-order valence-corrected chi connectivity index (χ2v) is 5.86. The molecule has 7 heteroatoms. The summed E-state index contributed by atoms with van der Waals surface area (Å²) in [5.74, 6) is 1.36. The molecule has 1 atom stereocenters. The van der Waals surface area contributed by atoms with Crippen LogP contribution in [0.15, 0.2) is 36.4 Å². The number of fused-ring (bicyclic) bond motifs is 2. The zero-order valence-corrected chi connectivity index (χ0v) is 13.7. The van der Waals surface area contributed by atoms with Crippen LogP contribution in [-0.2, 0) is 4.79 Å². The number of amides is 2. The van der Waals surface area contributed by atoms with E-state index >= 15 is 0 Å². The fraction of sp³-hybridized carbons (Fsp3) is 0.222. The van der Waals surface area contributed by atoms with E-state index in [-0.39, 0.29) is 18.6 Å². The van der Waals surface area contributed by atoms with Crippen molar-refractivity contribution in [3.05, 3.63) is 42.0 Å². The highest BCUT2D eigenvalue weighted by Gasteiger charge is 2.29. The Kier molecular flexibility index (Phi) is 3.49. The van der Waals surface area contributed by atoms with Gasteiger partial charge in [-0.05, 0) is 37.3 Å². The molecule has 0 spiro atoms. The minimum Gasteiger partial charge on any atom is -0.479 e. The first-order valence-electron chi connectivity index (χ1n) is 7.82. The molecule has 7 nitrogen and oxygen atoms in total. The number of rotatable bonds is 2. The summed E-state index contributed by atoms with van der Waals surface area (Å²) in [5.41, 5.74) is 1.68. The molecule has 0 aliphatic carbocycles. The summed E-state index contributed by atoms with van der Waals surface area (Å²) in [7, 11) is 1.69. The first-order valence-corrected chi connectivity index (χ1v) is 7.82. The number of ether oxygens (including phenoxy) is 3. The van der Waals surface area contributed by atoms with Crippen LogP contribution in [0.2, 0.25) is 0 Å². The van der Waals surface area contributed by atoms with E-state index in [0.29, 0.717) is 34.2 Å². The van der Waals surface area contributed by atoms with E-state index in [9.17, 15) is 9.59 Å². The van der Waals surface area contributed by atoms with Crippen LogP contribution in [-0.4, -0.2) is 31.8 Å². The standard InChI is InChI=1S/C18H16N2O5/c1-10-18(22)20(2)13-5-3-11(7-15(13)25-10)17(21)19-12-4-6-14-16(8-12)24-9-23-14/h3-8,10H,9H2,1-2H3,(H,19,21). The van der Waals surface area contributed by atoms with Gasteiger partial charge < -0.3 is 24.4 Å². The number of benzene rings is 2. The van der Waals surface area contributed by atoms with Crippen molar-refractivity contribution in [2.75, 3.05) is 24.1 Å². The molecule has 0 aromatic heterocycles. The zero-order chi connectivity index (χ0) is 17.6. The van der Waals surface area contributed by atoms with Crippen molar-refractivity contribution in [2.24, 2.45) is 0 Å². The van der Waals surface area contributed by atoms with E-state index in [2.05, 4.69) is 5.32 Å². The van der Waals surface area contributed by atoms with Gasteiger partial charge in [-0.15, -0.1) is 0 Å². The van der Waals surface area contributed by atoms with Crippen molar-refractivity contribution in [1.82, 2.24) is 0 Å². The van der Waals surface area contributed by atoms with Crippen LogP contribution < -0.4 is 24.4 Å². The third-order valence-electron chi connectivity index (χ3n) is 4.20. The number of nitrogens with one attached hydrogen (secondary N) is 1. The van der Waals surface area contributed by atoms with Gasteiger partial charge in [-0.1, -0.05) is 0 Å². The molecule has 0 saturated heterocycles. The van der Waals surface area contributed by atoms with Crippen LogP contribution in [0.25, 0.3) is 0 Å². The van der Waals surface area contributed by atoms with E-state index in [0.717, 1.165) is 0 Å². The van der Waals surface area contributed by atoms with Gasteiger partial charge in [-0.3, -0.25) is 9.59 Å². The Morgan fingerprint density at radius 1 is 1.12 bits per heavy atom. The van der Waals surface area contributed by atoms with Gasteiger partial charge >= 0.3 is 0 Å². The average molecular weight is 340 g/mol. The highest BCUT2D eigenvalue weighted by atomic mass is 16.7. The fourth-order valence-electron chi connectivity index (χ4n) is 2.84. The van der Waals surface area contributed by atoms with Crippen LogP contribution in [0.5, 0.6) is 17.2 Å². The summed E-state index contributed by atoms with van der Waals surface area (Å²) in [5, 5.41) is 2.82. The van der Waals surface area contributed by atoms with Gasteiger partial charge in [-0.25, -0.2) is 0 Å². The molecule has 0 fully saturated rings.